The molecule has 1 fully saturated rings. The Morgan fingerprint density at radius 2 is 2.24 bits per heavy atom. The molecule has 2 amide bonds. The molecule has 1 N–H and O–H groups in total. The number of aryl methyl sites for hydroxylation is 1. The van der Waals surface area contributed by atoms with Crippen LogP contribution in [0.15, 0.2) is 18.2 Å². The van der Waals surface area contributed by atoms with Gasteiger partial charge in [0.25, 0.3) is 0 Å². The Balaban J connectivity index is 1.91. The van der Waals surface area contributed by atoms with Gasteiger partial charge in [0.15, 0.2) is 0 Å². The first kappa shape index (κ1) is 16.7. The SMILES string of the molecule is Cc1cc(I)ccc1NC(=O)CCN1C(=O)C(C)SC1=S. The maximum absolute atomic E-state index is 12.0. The molecule has 0 aliphatic carbocycles. The lowest BCUT2D eigenvalue weighted by Crippen LogP contribution is -2.33. The Morgan fingerprint density at radius 1 is 1.52 bits per heavy atom. The van der Waals surface area contributed by atoms with Gasteiger partial charge in [-0.05, 0) is 60.2 Å². The van der Waals surface area contributed by atoms with E-state index in [0.29, 0.717) is 10.9 Å². The van der Waals surface area contributed by atoms with Crippen molar-refractivity contribution < 1.29 is 9.59 Å². The molecule has 1 saturated heterocycles. The zero-order valence-electron chi connectivity index (χ0n) is 11.7. The van der Waals surface area contributed by atoms with Crippen LogP contribution in [0.1, 0.15) is 18.9 Å². The van der Waals surface area contributed by atoms with Crippen molar-refractivity contribution in [3.05, 3.63) is 27.3 Å². The van der Waals surface area contributed by atoms with Gasteiger partial charge in [0.1, 0.15) is 4.32 Å². The van der Waals surface area contributed by atoms with Crippen molar-refractivity contribution in [1.29, 1.82) is 0 Å². The summed E-state index contributed by atoms with van der Waals surface area (Å²) in [6.07, 6.45) is 0.241. The maximum atomic E-state index is 12.0. The van der Waals surface area contributed by atoms with E-state index in [4.69, 9.17) is 12.2 Å². The minimum atomic E-state index is -0.140. The predicted octanol–water partition coefficient (Wildman–Crippen LogP) is 3.18. The van der Waals surface area contributed by atoms with Gasteiger partial charge in [-0.1, -0.05) is 24.0 Å². The minimum absolute atomic E-state index is 0.0109. The molecule has 1 aromatic carbocycles. The van der Waals surface area contributed by atoms with E-state index in [1.165, 1.54) is 16.7 Å². The third kappa shape index (κ3) is 4.17. The molecule has 1 aliphatic rings. The number of rotatable bonds is 4. The van der Waals surface area contributed by atoms with Gasteiger partial charge in [-0.15, -0.1) is 0 Å². The lowest BCUT2D eigenvalue weighted by atomic mass is 10.2. The van der Waals surface area contributed by atoms with Crippen molar-refractivity contribution in [2.75, 3.05) is 11.9 Å². The summed E-state index contributed by atoms with van der Waals surface area (Å²) in [6, 6.07) is 5.84. The first-order chi connectivity index (χ1) is 9.88. The molecule has 0 aromatic heterocycles. The summed E-state index contributed by atoms with van der Waals surface area (Å²) < 4.78 is 1.69. The maximum Gasteiger partial charge on any atom is 0.241 e. The number of hydrogen-bond donors (Lipinski definition) is 1. The van der Waals surface area contributed by atoms with E-state index in [0.717, 1.165) is 14.8 Å². The van der Waals surface area contributed by atoms with Crippen molar-refractivity contribution >= 4 is 68.4 Å². The van der Waals surface area contributed by atoms with Crippen molar-refractivity contribution in [2.24, 2.45) is 0 Å². The normalized spacial score (nSPS) is 18.2. The van der Waals surface area contributed by atoms with Gasteiger partial charge in [-0.3, -0.25) is 14.5 Å². The number of hydrogen-bond acceptors (Lipinski definition) is 4. The van der Waals surface area contributed by atoms with Crippen LogP contribution in [0, 0.1) is 10.5 Å². The second-order valence-corrected chi connectivity index (χ2v) is 7.99. The highest BCUT2D eigenvalue weighted by atomic mass is 127. The summed E-state index contributed by atoms with van der Waals surface area (Å²) in [7, 11) is 0. The first-order valence-corrected chi connectivity index (χ1v) is 8.83. The van der Waals surface area contributed by atoms with Crippen LogP contribution < -0.4 is 5.32 Å². The summed E-state index contributed by atoms with van der Waals surface area (Å²) in [5.74, 6) is -0.122. The van der Waals surface area contributed by atoms with Crippen molar-refractivity contribution in [2.45, 2.75) is 25.5 Å². The molecule has 0 saturated carbocycles. The molecule has 0 spiro atoms. The molecule has 1 heterocycles. The smallest absolute Gasteiger partial charge is 0.241 e. The third-order valence-electron chi connectivity index (χ3n) is 3.14. The molecule has 1 aromatic rings. The average molecular weight is 434 g/mol. The van der Waals surface area contributed by atoms with E-state index < -0.39 is 0 Å². The van der Waals surface area contributed by atoms with Crippen molar-refractivity contribution in [3.8, 4) is 0 Å². The van der Waals surface area contributed by atoms with Crippen molar-refractivity contribution in [1.82, 2.24) is 4.90 Å². The Morgan fingerprint density at radius 3 is 2.81 bits per heavy atom. The standard InChI is InChI=1S/C14H15IN2O2S2/c1-8-7-10(15)3-4-11(8)16-12(18)5-6-17-13(19)9(2)21-14(17)20/h3-4,7,9H,5-6H2,1-2H3,(H,16,18). The number of benzene rings is 1. The molecular formula is C14H15IN2O2S2. The highest BCUT2D eigenvalue weighted by molar-refractivity contribution is 14.1. The van der Waals surface area contributed by atoms with E-state index in [9.17, 15) is 9.59 Å². The van der Waals surface area contributed by atoms with E-state index in [1.807, 2.05) is 32.0 Å². The number of anilines is 1. The first-order valence-electron chi connectivity index (χ1n) is 6.46. The third-order valence-corrected chi connectivity index (χ3v) is 5.29. The number of thioether (sulfide) groups is 1. The van der Waals surface area contributed by atoms with Gasteiger partial charge in [0.2, 0.25) is 11.8 Å². The Kier molecular flexibility index (Phi) is 5.61. The number of carbonyl (C=O) groups is 2. The number of nitrogens with one attached hydrogen (secondary N) is 1. The quantitative estimate of drug-likeness (QED) is 0.585. The second-order valence-electron chi connectivity index (χ2n) is 4.77. The zero-order valence-corrected chi connectivity index (χ0v) is 15.5. The fourth-order valence-corrected chi connectivity index (χ4v) is 4.07. The van der Waals surface area contributed by atoms with Gasteiger partial charge in [0, 0.05) is 22.2 Å². The van der Waals surface area contributed by atoms with Crippen LogP contribution in [-0.4, -0.2) is 32.8 Å². The number of carbonyl (C=O) groups excluding carboxylic acids is 2. The van der Waals surface area contributed by atoms with E-state index in [2.05, 4.69) is 27.9 Å². The topological polar surface area (TPSA) is 49.4 Å². The largest absolute Gasteiger partial charge is 0.326 e. The van der Waals surface area contributed by atoms with Gasteiger partial charge >= 0.3 is 0 Å². The number of nitrogens with zero attached hydrogens (tertiary/aromatic N) is 1. The lowest BCUT2D eigenvalue weighted by molar-refractivity contribution is -0.126. The molecule has 1 aliphatic heterocycles. The molecular weight excluding hydrogens is 419 g/mol. The predicted molar refractivity (Wildman–Crippen MR) is 98.5 cm³/mol. The molecule has 0 radical (unpaired) electrons. The molecule has 7 heteroatoms. The number of thiocarbonyl (C=S) groups is 1. The van der Waals surface area contributed by atoms with Crippen LogP contribution in [0.4, 0.5) is 5.69 Å². The fourth-order valence-electron chi connectivity index (χ4n) is 1.97. The van der Waals surface area contributed by atoms with Crippen LogP contribution >= 0.6 is 46.6 Å². The minimum Gasteiger partial charge on any atom is -0.326 e. The Bertz CT molecular complexity index is 607. The highest BCUT2D eigenvalue weighted by Crippen LogP contribution is 2.26. The summed E-state index contributed by atoms with van der Waals surface area (Å²) in [6.45, 7) is 4.12. The summed E-state index contributed by atoms with van der Waals surface area (Å²) in [5, 5.41) is 2.73. The van der Waals surface area contributed by atoms with Gasteiger partial charge in [-0.2, -0.15) is 0 Å². The van der Waals surface area contributed by atoms with E-state index >= 15 is 0 Å². The summed E-state index contributed by atoms with van der Waals surface area (Å²) in [5.41, 5.74) is 1.82. The number of halogens is 1. The highest BCUT2D eigenvalue weighted by Gasteiger charge is 2.33. The van der Waals surface area contributed by atoms with E-state index in [1.54, 1.807) is 0 Å². The lowest BCUT2D eigenvalue weighted by Gasteiger charge is -2.15. The number of amides is 2. The summed E-state index contributed by atoms with van der Waals surface area (Å²) in [4.78, 5) is 25.4. The van der Waals surface area contributed by atoms with Crippen LogP contribution in [0.25, 0.3) is 0 Å². The average Bonchev–Trinajstić information content (AvgIpc) is 2.65. The van der Waals surface area contributed by atoms with Gasteiger partial charge in [0.05, 0.1) is 5.25 Å². The van der Waals surface area contributed by atoms with Crippen LogP contribution in [0.2, 0.25) is 0 Å². The molecule has 2 rings (SSSR count). The molecule has 1 atom stereocenters. The molecule has 0 bridgehead atoms. The molecule has 1 unspecified atom stereocenters. The molecule has 21 heavy (non-hydrogen) atoms. The van der Waals surface area contributed by atoms with Crippen LogP contribution in [-0.2, 0) is 9.59 Å². The zero-order chi connectivity index (χ0) is 15.6. The van der Waals surface area contributed by atoms with Gasteiger partial charge in [-0.25, -0.2) is 0 Å². The van der Waals surface area contributed by atoms with E-state index in [-0.39, 0.29) is 23.5 Å². The molecule has 112 valence electrons. The Labute approximate surface area is 147 Å². The fraction of sp³-hybridized carbons (Fsp3) is 0.357. The van der Waals surface area contributed by atoms with Crippen LogP contribution in [0.3, 0.4) is 0 Å². The van der Waals surface area contributed by atoms with Crippen LogP contribution in [0.5, 0.6) is 0 Å². The van der Waals surface area contributed by atoms with Gasteiger partial charge < -0.3 is 5.32 Å². The Hall–Kier alpha value is -0.670. The molecule has 4 nitrogen and oxygen atoms in total. The van der Waals surface area contributed by atoms with Crippen molar-refractivity contribution in [3.63, 3.8) is 0 Å². The monoisotopic (exact) mass is 434 g/mol. The second kappa shape index (κ2) is 7.06. The summed E-state index contributed by atoms with van der Waals surface area (Å²) >= 11 is 8.75.